The number of ether oxygens (including phenoxy) is 1. The van der Waals surface area contributed by atoms with E-state index < -0.39 is 11.9 Å². The minimum atomic E-state index is -1.17. The molecule has 0 aliphatic rings. The van der Waals surface area contributed by atoms with Gasteiger partial charge in [-0.15, -0.1) is 0 Å². The second-order valence-corrected chi connectivity index (χ2v) is 4.50. The summed E-state index contributed by atoms with van der Waals surface area (Å²) in [6.45, 7) is 1.58. The molecule has 0 aliphatic heterocycles. The predicted molar refractivity (Wildman–Crippen MR) is 75.6 cm³/mol. The molecule has 114 valence electrons. The van der Waals surface area contributed by atoms with E-state index in [-0.39, 0.29) is 30.4 Å². The first-order chi connectivity index (χ1) is 9.90. The molecule has 0 saturated carbocycles. The highest BCUT2D eigenvalue weighted by Gasteiger charge is 2.13. The predicted octanol–water partition coefficient (Wildman–Crippen LogP) is 0.669. The summed E-state index contributed by atoms with van der Waals surface area (Å²) in [7, 11) is 0. The highest BCUT2D eigenvalue weighted by molar-refractivity contribution is 6.30. The van der Waals surface area contributed by atoms with Crippen LogP contribution in [-0.2, 0) is 9.59 Å². The minimum Gasteiger partial charge on any atom is -0.483 e. The monoisotopic (exact) mass is 314 g/mol. The van der Waals surface area contributed by atoms with Crippen LogP contribution in [0.4, 0.5) is 0 Å². The summed E-state index contributed by atoms with van der Waals surface area (Å²) in [6, 6.07) is 4.05. The molecule has 0 saturated heterocycles. The van der Waals surface area contributed by atoms with E-state index in [0.717, 1.165) is 0 Å². The lowest BCUT2D eigenvalue weighted by atomic mass is 10.2. The third kappa shape index (κ3) is 6.13. The topological polar surface area (TPSA) is 105 Å². The Bertz CT molecular complexity index is 547. The number of hydrogen-bond acceptors (Lipinski definition) is 4. The van der Waals surface area contributed by atoms with E-state index in [2.05, 4.69) is 10.6 Å². The largest absolute Gasteiger partial charge is 0.483 e. The Hall–Kier alpha value is -2.28. The van der Waals surface area contributed by atoms with Gasteiger partial charge >= 0.3 is 5.97 Å². The van der Waals surface area contributed by atoms with Crippen molar-refractivity contribution in [3.63, 3.8) is 0 Å². The molecule has 0 atom stereocenters. The first-order valence-corrected chi connectivity index (χ1v) is 6.44. The number of nitrogens with one attached hydrogen (secondary N) is 2. The molecule has 7 nitrogen and oxygen atoms in total. The Kier molecular flexibility index (Phi) is 6.48. The molecule has 0 radical (unpaired) electrons. The van der Waals surface area contributed by atoms with E-state index in [1.165, 1.54) is 25.1 Å². The van der Waals surface area contributed by atoms with Crippen LogP contribution in [0.2, 0.25) is 5.02 Å². The van der Waals surface area contributed by atoms with Crippen LogP contribution >= 0.6 is 11.6 Å². The van der Waals surface area contributed by atoms with E-state index in [1.54, 1.807) is 0 Å². The Balaban J connectivity index is 2.47. The highest BCUT2D eigenvalue weighted by atomic mass is 35.5. The fourth-order valence-corrected chi connectivity index (χ4v) is 1.59. The summed E-state index contributed by atoms with van der Waals surface area (Å²) < 4.78 is 5.15. The van der Waals surface area contributed by atoms with Gasteiger partial charge < -0.3 is 20.5 Å². The molecule has 0 heterocycles. The van der Waals surface area contributed by atoms with Crippen molar-refractivity contribution in [3.05, 3.63) is 28.8 Å². The van der Waals surface area contributed by atoms with Crippen molar-refractivity contribution in [3.8, 4) is 5.75 Å². The molecule has 0 bridgehead atoms. The van der Waals surface area contributed by atoms with E-state index in [0.29, 0.717) is 11.6 Å². The molecule has 3 N–H and O–H groups in total. The Morgan fingerprint density at radius 1 is 1.24 bits per heavy atom. The second kappa shape index (κ2) is 8.11. The Morgan fingerprint density at radius 3 is 2.52 bits per heavy atom. The maximum Gasteiger partial charge on any atom is 0.339 e. The fraction of sp³-hybridized carbons (Fsp3) is 0.308. The van der Waals surface area contributed by atoms with Crippen LogP contribution in [0.25, 0.3) is 0 Å². The second-order valence-electron chi connectivity index (χ2n) is 4.07. The van der Waals surface area contributed by atoms with E-state index in [1.807, 2.05) is 0 Å². The maximum absolute atomic E-state index is 11.5. The number of benzene rings is 1. The van der Waals surface area contributed by atoms with Gasteiger partial charge in [-0.2, -0.15) is 0 Å². The number of carboxylic acid groups (broad SMARTS) is 1. The van der Waals surface area contributed by atoms with Gasteiger partial charge in [-0.1, -0.05) is 11.6 Å². The molecule has 2 amide bonds. The van der Waals surface area contributed by atoms with Gasteiger partial charge in [-0.3, -0.25) is 9.59 Å². The van der Waals surface area contributed by atoms with Gasteiger partial charge in [-0.25, -0.2) is 4.79 Å². The third-order valence-electron chi connectivity index (χ3n) is 2.35. The maximum atomic E-state index is 11.5. The molecular weight excluding hydrogens is 300 g/mol. The smallest absolute Gasteiger partial charge is 0.339 e. The number of hydrogen-bond donors (Lipinski definition) is 3. The molecule has 1 rings (SSSR count). The van der Waals surface area contributed by atoms with Crippen LogP contribution in [0, 0.1) is 0 Å². The molecule has 0 spiro atoms. The quantitative estimate of drug-likeness (QED) is 0.642. The lowest BCUT2D eigenvalue weighted by Crippen LogP contribution is -2.36. The number of aromatic carboxylic acids is 1. The van der Waals surface area contributed by atoms with Crippen LogP contribution < -0.4 is 15.4 Å². The molecule has 0 fully saturated rings. The van der Waals surface area contributed by atoms with Gasteiger partial charge in [0.25, 0.3) is 5.91 Å². The zero-order valence-corrected chi connectivity index (χ0v) is 12.1. The van der Waals surface area contributed by atoms with Crippen LogP contribution in [0.1, 0.15) is 17.3 Å². The molecule has 0 aromatic heterocycles. The van der Waals surface area contributed by atoms with E-state index in [9.17, 15) is 14.4 Å². The molecular formula is C13H15ClN2O5. The molecule has 0 aliphatic carbocycles. The Morgan fingerprint density at radius 2 is 1.90 bits per heavy atom. The van der Waals surface area contributed by atoms with Crippen LogP contribution in [0.3, 0.4) is 0 Å². The summed E-state index contributed by atoms with van der Waals surface area (Å²) >= 11 is 5.76. The van der Waals surface area contributed by atoms with E-state index in [4.69, 9.17) is 21.4 Å². The zero-order valence-electron chi connectivity index (χ0n) is 11.3. The lowest BCUT2D eigenvalue weighted by Gasteiger charge is -2.10. The van der Waals surface area contributed by atoms with Crippen LogP contribution in [0.15, 0.2) is 18.2 Å². The number of amides is 2. The summed E-state index contributed by atoms with van der Waals surface area (Å²) in [5, 5.41) is 14.3. The summed E-state index contributed by atoms with van der Waals surface area (Å²) in [5.41, 5.74) is -0.0783. The molecule has 21 heavy (non-hydrogen) atoms. The number of carbonyl (C=O) groups excluding carboxylic acids is 2. The van der Waals surface area contributed by atoms with Crippen molar-refractivity contribution in [2.45, 2.75) is 6.92 Å². The number of carbonyl (C=O) groups is 3. The average molecular weight is 315 g/mol. The first kappa shape index (κ1) is 16.8. The summed E-state index contributed by atoms with van der Waals surface area (Å²) in [5.74, 6) is -1.78. The molecule has 1 aromatic carbocycles. The van der Waals surface area contributed by atoms with Crippen LogP contribution in [0.5, 0.6) is 5.75 Å². The first-order valence-electron chi connectivity index (χ1n) is 6.07. The van der Waals surface area contributed by atoms with Crippen molar-refractivity contribution < 1.29 is 24.2 Å². The van der Waals surface area contributed by atoms with Gasteiger partial charge in [0.1, 0.15) is 11.3 Å². The third-order valence-corrected chi connectivity index (χ3v) is 2.59. The van der Waals surface area contributed by atoms with Gasteiger partial charge in [-0.05, 0) is 18.2 Å². The SMILES string of the molecule is CC(=O)NCCNC(=O)COc1cc(Cl)ccc1C(=O)O. The molecule has 0 unspecified atom stereocenters. The summed E-state index contributed by atoms with van der Waals surface area (Å²) in [6.07, 6.45) is 0. The van der Waals surface area contributed by atoms with E-state index >= 15 is 0 Å². The van der Waals surface area contributed by atoms with Gasteiger partial charge in [0.05, 0.1) is 0 Å². The zero-order chi connectivity index (χ0) is 15.8. The average Bonchev–Trinajstić information content (AvgIpc) is 2.40. The van der Waals surface area contributed by atoms with Crippen molar-refractivity contribution in [2.75, 3.05) is 19.7 Å². The minimum absolute atomic E-state index is 0.0204. The number of carboxylic acids is 1. The van der Waals surface area contributed by atoms with Gasteiger partial charge in [0, 0.05) is 25.0 Å². The van der Waals surface area contributed by atoms with Gasteiger partial charge in [0.15, 0.2) is 6.61 Å². The van der Waals surface area contributed by atoms with Crippen molar-refractivity contribution in [2.24, 2.45) is 0 Å². The standard InChI is InChI=1S/C13H15ClN2O5/c1-8(17)15-4-5-16-12(18)7-21-11-6-9(14)2-3-10(11)13(19)20/h2-3,6H,4-5,7H2,1H3,(H,15,17)(H,16,18)(H,19,20). The number of rotatable bonds is 7. The normalized spacial score (nSPS) is 9.81. The van der Waals surface area contributed by atoms with Crippen molar-refractivity contribution in [1.29, 1.82) is 0 Å². The highest BCUT2D eigenvalue weighted by Crippen LogP contribution is 2.23. The molecule has 8 heteroatoms. The lowest BCUT2D eigenvalue weighted by molar-refractivity contribution is -0.123. The number of halogens is 1. The van der Waals surface area contributed by atoms with Crippen LogP contribution in [-0.4, -0.2) is 42.6 Å². The van der Waals surface area contributed by atoms with Crippen molar-refractivity contribution in [1.82, 2.24) is 10.6 Å². The summed E-state index contributed by atoms with van der Waals surface area (Å²) in [4.78, 5) is 33.1. The van der Waals surface area contributed by atoms with Crippen molar-refractivity contribution >= 4 is 29.4 Å². The van der Waals surface area contributed by atoms with Gasteiger partial charge in [0.2, 0.25) is 5.91 Å². The molecule has 1 aromatic rings. The Labute approximate surface area is 126 Å². The fourth-order valence-electron chi connectivity index (χ4n) is 1.43.